The topological polar surface area (TPSA) is 58.6 Å². The molecular weight excluding hydrogens is 653 g/mol. The number of rotatable bonds is 4. The summed E-state index contributed by atoms with van der Waals surface area (Å²) in [4.78, 5) is 0. The van der Waals surface area contributed by atoms with Gasteiger partial charge in [0, 0.05) is 49.1 Å². The quantitative estimate of drug-likeness (QED) is 0.186. The minimum absolute atomic E-state index is 0.396. The largest absolute Gasteiger partial charge is 0.388 e. The molecule has 0 saturated heterocycles. The summed E-state index contributed by atoms with van der Waals surface area (Å²) in [6.07, 6.45) is 0. The molecule has 0 aliphatic carbocycles. The summed E-state index contributed by atoms with van der Waals surface area (Å²) in [5, 5.41) is 17.7. The van der Waals surface area contributed by atoms with Crippen molar-refractivity contribution in [3.05, 3.63) is 170 Å². The standard InChI is InChI=1S/C46H28N6O/c1-3-15-29(16-4-1)49-37-23-11-7-19-31(37)33-27-28-34-32-20-8-12-24-38(32)51(43(34)42(33)49)45-47-48-46(53-45)52-40-26-14-10-22-36(40)41-35-21-9-13-25-39(35)50(44(41)52)30-17-5-2-6-18-30/h1-28H. The van der Waals surface area contributed by atoms with Crippen LogP contribution < -0.4 is 0 Å². The maximum absolute atomic E-state index is 6.94. The second kappa shape index (κ2) is 10.6. The third-order valence-corrected chi connectivity index (χ3v) is 10.8. The zero-order valence-electron chi connectivity index (χ0n) is 28.3. The van der Waals surface area contributed by atoms with Gasteiger partial charge in [-0.05, 0) is 48.5 Å². The number of aromatic nitrogens is 6. The zero-order chi connectivity index (χ0) is 34.6. The van der Waals surface area contributed by atoms with Gasteiger partial charge >= 0.3 is 12.0 Å². The summed E-state index contributed by atoms with van der Waals surface area (Å²) < 4.78 is 15.9. The Balaban J connectivity index is 1.21. The first-order valence-electron chi connectivity index (χ1n) is 17.8. The lowest BCUT2D eigenvalue weighted by molar-refractivity contribution is 0.514. The first kappa shape index (κ1) is 28.3. The number of fused-ring (bicyclic) bond motifs is 12. The number of benzene rings is 7. The molecule has 53 heavy (non-hydrogen) atoms. The molecule has 0 fully saturated rings. The van der Waals surface area contributed by atoms with E-state index in [1.807, 2.05) is 6.07 Å². The molecule has 0 unspecified atom stereocenters. The van der Waals surface area contributed by atoms with Gasteiger partial charge < -0.3 is 8.98 Å². The van der Waals surface area contributed by atoms with Gasteiger partial charge in [-0.25, -0.2) is 4.57 Å². The molecule has 0 amide bonds. The average Bonchev–Trinajstić information content (AvgIpc) is 4.03. The SMILES string of the molecule is c1ccc(-n2c3ccccc3c3ccc4c5ccccc5n(-c5nnc(-n6c7ccccc7c7c8ccccc8n(-c8ccccc8)c76)o5)c4c32)cc1. The van der Waals surface area contributed by atoms with E-state index in [9.17, 15) is 0 Å². The van der Waals surface area contributed by atoms with Gasteiger partial charge in [-0.2, -0.15) is 0 Å². The van der Waals surface area contributed by atoms with Gasteiger partial charge in [0.25, 0.3) is 0 Å². The van der Waals surface area contributed by atoms with E-state index in [1.165, 1.54) is 10.8 Å². The fourth-order valence-electron chi connectivity index (χ4n) is 8.66. The first-order valence-corrected chi connectivity index (χ1v) is 17.8. The fraction of sp³-hybridized carbons (Fsp3) is 0. The van der Waals surface area contributed by atoms with Crippen LogP contribution in [0.5, 0.6) is 0 Å². The molecule has 248 valence electrons. The molecule has 0 aliphatic rings. The Morgan fingerprint density at radius 1 is 0.321 bits per heavy atom. The molecule has 0 spiro atoms. The van der Waals surface area contributed by atoms with Crippen molar-refractivity contribution in [2.24, 2.45) is 0 Å². The maximum Gasteiger partial charge on any atom is 0.330 e. The molecule has 7 aromatic carbocycles. The van der Waals surface area contributed by atoms with Gasteiger partial charge in [0.15, 0.2) is 0 Å². The van der Waals surface area contributed by atoms with Gasteiger partial charge in [-0.15, -0.1) is 0 Å². The van der Waals surface area contributed by atoms with Crippen LogP contribution in [0.1, 0.15) is 0 Å². The van der Waals surface area contributed by atoms with Crippen LogP contribution >= 0.6 is 0 Å². The number of nitrogens with zero attached hydrogens (tertiary/aromatic N) is 6. The molecule has 5 aromatic heterocycles. The lowest BCUT2D eigenvalue weighted by Crippen LogP contribution is -2.01. The van der Waals surface area contributed by atoms with Crippen molar-refractivity contribution in [1.82, 2.24) is 28.5 Å². The Morgan fingerprint density at radius 3 is 1.28 bits per heavy atom. The van der Waals surface area contributed by atoms with Crippen molar-refractivity contribution >= 4 is 76.5 Å². The smallest absolute Gasteiger partial charge is 0.330 e. The van der Waals surface area contributed by atoms with Crippen LogP contribution in [-0.2, 0) is 0 Å². The van der Waals surface area contributed by atoms with Crippen LogP contribution in [0.2, 0.25) is 0 Å². The van der Waals surface area contributed by atoms with Crippen molar-refractivity contribution < 1.29 is 4.42 Å². The normalized spacial score (nSPS) is 12.2. The number of para-hydroxylation sites is 6. The maximum atomic E-state index is 6.94. The lowest BCUT2D eigenvalue weighted by Gasteiger charge is -2.10. The van der Waals surface area contributed by atoms with E-state index < -0.39 is 0 Å². The number of hydrogen-bond acceptors (Lipinski definition) is 3. The summed E-state index contributed by atoms with van der Waals surface area (Å²) in [7, 11) is 0. The summed E-state index contributed by atoms with van der Waals surface area (Å²) >= 11 is 0. The van der Waals surface area contributed by atoms with Crippen molar-refractivity contribution in [1.29, 1.82) is 0 Å². The molecule has 0 bridgehead atoms. The minimum Gasteiger partial charge on any atom is -0.388 e. The molecule has 0 aliphatic heterocycles. The van der Waals surface area contributed by atoms with Gasteiger partial charge in [-0.3, -0.25) is 9.13 Å². The van der Waals surface area contributed by atoms with Gasteiger partial charge in [-0.1, -0.05) is 132 Å². The summed E-state index contributed by atoms with van der Waals surface area (Å²) in [5.74, 6) is 0. The first-order chi connectivity index (χ1) is 26.3. The highest BCUT2D eigenvalue weighted by Gasteiger charge is 2.27. The summed E-state index contributed by atoms with van der Waals surface area (Å²) in [5.41, 5.74) is 9.46. The molecule has 5 heterocycles. The van der Waals surface area contributed by atoms with E-state index in [0.29, 0.717) is 12.0 Å². The van der Waals surface area contributed by atoms with E-state index in [0.717, 1.165) is 77.1 Å². The summed E-state index contributed by atoms with van der Waals surface area (Å²) in [6.45, 7) is 0. The molecule has 7 heteroatoms. The highest BCUT2D eigenvalue weighted by Crippen LogP contribution is 2.43. The molecule has 12 rings (SSSR count). The predicted octanol–water partition coefficient (Wildman–Crippen LogP) is 11.3. The zero-order valence-corrected chi connectivity index (χ0v) is 28.3. The van der Waals surface area contributed by atoms with E-state index >= 15 is 0 Å². The highest BCUT2D eigenvalue weighted by atomic mass is 16.4. The van der Waals surface area contributed by atoms with Crippen molar-refractivity contribution in [3.8, 4) is 23.4 Å². The minimum atomic E-state index is 0.396. The Bertz CT molecular complexity index is 3400. The van der Waals surface area contributed by atoms with Gasteiger partial charge in [0.05, 0.1) is 33.1 Å². The molecule has 7 nitrogen and oxygen atoms in total. The Morgan fingerprint density at radius 2 is 0.717 bits per heavy atom. The van der Waals surface area contributed by atoms with Gasteiger partial charge in [0.1, 0.15) is 5.65 Å². The van der Waals surface area contributed by atoms with Crippen LogP contribution in [0, 0.1) is 0 Å². The second-order valence-electron chi connectivity index (χ2n) is 13.5. The molecular formula is C46H28N6O. The molecule has 12 aromatic rings. The average molecular weight is 681 g/mol. The van der Waals surface area contributed by atoms with E-state index in [1.54, 1.807) is 0 Å². The van der Waals surface area contributed by atoms with E-state index in [-0.39, 0.29) is 0 Å². The highest BCUT2D eigenvalue weighted by molar-refractivity contribution is 6.24. The van der Waals surface area contributed by atoms with Crippen molar-refractivity contribution in [3.63, 3.8) is 0 Å². The molecule has 0 atom stereocenters. The number of hydrogen-bond donors (Lipinski definition) is 0. The van der Waals surface area contributed by atoms with E-state index in [2.05, 4.69) is 182 Å². The predicted molar refractivity (Wildman–Crippen MR) is 214 cm³/mol. The summed E-state index contributed by atoms with van der Waals surface area (Å²) in [6, 6.07) is 60.4. The Hall–Kier alpha value is -7.38. The van der Waals surface area contributed by atoms with Gasteiger partial charge in [0.2, 0.25) is 0 Å². The Labute approximate surface area is 301 Å². The third-order valence-electron chi connectivity index (χ3n) is 10.8. The second-order valence-corrected chi connectivity index (χ2v) is 13.5. The molecule has 0 radical (unpaired) electrons. The van der Waals surface area contributed by atoms with Crippen molar-refractivity contribution in [2.75, 3.05) is 0 Å². The third kappa shape index (κ3) is 3.77. The van der Waals surface area contributed by atoms with E-state index in [4.69, 9.17) is 14.6 Å². The van der Waals surface area contributed by atoms with Crippen LogP contribution in [-0.4, -0.2) is 28.5 Å². The molecule has 0 N–H and O–H groups in total. The van der Waals surface area contributed by atoms with Crippen LogP contribution in [0.3, 0.4) is 0 Å². The molecule has 0 saturated carbocycles. The van der Waals surface area contributed by atoms with Crippen molar-refractivity contribution in [2.45, 2.75) is 0 Å². The fourth-order valence-corrected chi connectivity index (χ4v) is 8.66. The van der Waals surface area contributed by atoms with Crippen LogP contribution in [0.4, 0.5) is 0 Å². The Kier molecular flexibility index (Phi) is 5.65. The van der Waals surface area contributed by atoms with Crippen LogP contribution in [0.15, 0.2) is 174 Å². The lowest BCUT2D eigenvalue weighted by atomic mass is 10.1. The van der Waals surface area contributed by atoms with Crippen LogP contribution in [0.25, 0.3) is 99.9 Å². The monoisotopic (exact) mass is 680 g/mol.